The van der Waals surface area contributed by atoms with Crippen LogP contribution >= 0.6 is 0 Å². The third-order valence-electron chi connectivity index (χ3n) is 5.69. The Bertz CT molecular complexity index is 750. The van der Waals surface area contributed by atoms with E-state index in [1.54, 1.807) is 4.90 Å². The summed E-state index contributed by atoms with van der Waals surface area (Å²) >= 11 is 0. The molecule has 1 fully saturated rings. The summed E-state index contributed by atoms with van der Waals surface area (Å²) in [5.74, 6) is 0.263. The Balaban J connectivity index is 1.56. The van der Waals surface area contributed by atoms with E-state index in [9.17, 15) is 4.79 Å². The second kappa shape index (κ2) is 8.24. The van der Waals surface area contributed by atoms with Crippen LogP contribution in [0, 0.1) is 0 Å². The number of aryl methyl sites for hydroxylation is 2. The topological polar surface area (TPSA) is 38.8 Å². The molecule has 4 rings (SSSR count). The number of fused-ring (bicyclic) bond motifs is 2. The number of hydrogen-bond donors (Lipinski definition) is 0. The van der Waals surface area contributed by atoms with E-state index >= 15 is 0 Å². The summed E-state index contributed by atoms with van der Waals surface area (Å²) in [4.78, 5) is 14.8. The van der Waals surface area contributed by atoms with Gasteiger partial charge in [0.05, 0.1) is 25.9 Å². The SMILES string of the molecule is CN(C[C@@H]1COCCO1)C(=O)CC1c2ccccc2CCc2ccccc21. The van der Waals surface area contributed by atoms with Gasteiger partial charge in [0.2, 0.25) is 5.91 Å². The lowest BCUT2D eigenvalue weighted by Gasteiger charge is -2.29. The average molecular weight is 365 g/mol. The van der Waals surface area contributed by atoms with Crippen LogP contribution in [-0.4, -0.2) is 50.3 Å². The Morgan fingerprint density at radius 1 is 1.00 bits per heavy atom. The van der Waals surface area contributed by atoms with E-state index in [2.05, 4.69) is 48.5 Å². The van der Waals surface area contributed by atoms with Gasteiger partial charge in [0.15, 0.2) is 0 Å². The molecule has 0 bridgehead atoms. The third-order valence-corrected chi connectivity index (χ3v) is 5.69. The van der Waals surface area contributed by atoms with E-state index in [1.807, 2.05) is 7.05 Å². The molecule has 0 N–H and O–H groups in total. The van der Waals surface area contributed by atoms with Crippen molar-refractivity contribution in [1.29, 1.82) is 0 Å². The van der Waals surface area contributed by atoms with Gasteiger partial charge in [-0.2, -0.15) is 0 Å². The van der Waals surface area contributed by atoms with Crippen LogP contribution in [0.1, 0.15) is 34.6 Å². The molecule has 1 atom stereocenters. The number of likely N-dealkylation sites (N-methyl/N-ethyl adjacent to an activating group) is 1. The first-order valence-electron chi connectivity index (χ1n) is 9.81. The maximum Gasteiger partial charge on any atom is 0.223 e. The van der Waals surface area contributed by atoms with E-state index in [1.165, 1.54) is 22.3 Å². The molecule has 4 heteroatoms. The van der Waals surface area contributed by atoms with Gasteiger partial charge in [0.1, 0.15) is 0 Å². The molecule has 0 aromatic heterocycles. The van der Waals surface area contributed by atoms with Crippen molar-refractivity contribution in [2.75, 3.05) is 33.4 Å². The summed E-state index contributed by atoms with van der Waals surface area (Å²) in [6.07, 6.45) is 2.52. The number of ether oxygens (including phenoxy) is 2. The zero-order valence-corrected chi connectivity index (χ0v) is 15.9. The molecule has 0 unspecified atom stereocenters. The van der Waals surface area contributed by atoms with Crippen molar-refractivity contribution in [3.8, 4) is 0 Å². The summed E-state index contributed by atoms with van der Waals surface area (Å²) in [6.45, 7) is 2.39. The molecule has 1 heterocycles. The van der Waals surface area contributed by atoms with Gasteiger partial charge in [-0.3, -0.25) is 4.79 Å². The van der Waals surface area contributed by atoms with Crippen LogP contribution in [-0.2, 0) is 27.1 Å². The smallest absolute Gasteiger partial charge is 0.223 e. The number of hydrogen-bond acceptors (Lipinski definition) is 3. The molecular formula is C23H27NO3. The Kier molecular flexibility index (Phi) is 5.55. The van der Waals surface area contributed by atoms with Crippen molar-refractivity contribution in [2.24, 2.45) is 0 Å². The van der Waals surface area contributed by atoms with Crippen LogP contribution in [0.15, 0.2) is 48.5 Å². The quantitative estimate of drug-likeness (QED) is 0.835. The first-order chi connectivity index (χ1) is 13.2. The highest BCUT2D eigenvalue weighted by Crippen LogP contribution is 2.36. The Morgan fingerprint density at radius 2 is 1.63 bits per heavy atom. The molecule has 1 aliphatic carbocycles. The molecule has 142 valence electrons. The fourth-order valence-electron chi connectivity index (χ4n) is 4.24. The minimum Gasteiger partial charge on any atom is -0.376 e. The lowest BCUT2D eigenvalue weighted by molar-refractivity contribution is -0.136. The molecule has 27 heavy (non-hydrogen) atoms. The van der Waals surface area contributed by atoms with Crippen molar-refractivity contribution in [2.45, 2.75) is 31.3 Å². The van der Waals surface area contributed by atoms with Crippen LogP contribution in [0.4, 0.5) is 0 Å². The standard InChI is InChI=1S/C23H27NO3/c1-24(15-19-16-26-12-13-27-19)23(25)14-22-20-8-4-2-6-17(20)10-11-18-7-3-5-9-21(18)22/h2-9,19,22H,10-16H2,1H3/t19-/m1/s1. The van der Waals surface area contributed by atoms with Gasteiger partial charge < -0.3 is 14.4 Å². The number of benzene rings is 2. The molecule has 2 aromatic carbocycles. The van der Waals surface area contributed by atoms with Crippen LogP contribution in [0.2, 0.25) is 0 Å². The summed E-state index contributed by atoms with van der Waals surface area (Å²) < 4.78 is 11.2. The Hall–Kier alpha value is -2.17. The molecule has 4 nitrogen and oxygen atoms in total. The van der Waals surface area contributed by atoms with Crippen LogP contribution in [0.5, 0.6) is 0 Å². The maximum absolute atomic E-state index is 13.0. The molecule has 1 aliphatic heterocycles. The predicted molar refractivity (Wildman–Crippen MR) is 105 cm³/mol. The highest BCUT2D eigenvalue weighted by atomic mass is 16.6. The number of nitrogens with zero attached hydrogens (tertiary/aromatic N) is 1. The molecule has 2 aliphatic rings. The third kappa shape index (κ3) is 4.07. The highest BCUT2D eigenvalue weighted by Gasteiger charge is 2.27. The number of carbonyl (C=O) groups is 1. The van der Waals surface area contributed by atoms with E-state index < -0.39 is 0 Å². The van der Waals surface area contributed by atoms with Gasteiger partial charge in [-0.05, 0) is 35.1 Å². The van der Waals surface area contributed by atoms with Gasteiger partial charge in [0, 0.05) is 25.9 Å². The van der Waals surface area contributed by atoms with Gasteiger partial charge in [-0.15, -0.1) is 0 Å². The van der Waals surface area contributed by atoms with Crippen molar-refractivity contribution < 1.29 is 14.3 Å². The van der Waals surface area contributed by atoms with Crippen molar-refractivity contribution in [3.63, 3.8) is 0 Å². The predicted octanol–water partition coefficient (Wildman–Crippen LogP) is 3.18. The minimum absolute atomic E-state index is 0.0265. The second-order valence-corrected chi connectivity index (χ2v) is 7.50. The van der Waals surface area contributed by atoms with Crippen molar-refractivity contribution in [1.82, 2.24) is 4.90 Å². The van der Waals surface area contributed by atoms with Gasteiger partial charge >= 0.3 is 0 Å². The minimum atomic E-state index is -0.0265. The zero-order valence-electron chi connectivity index (χ0n) is 15.9. The molecule has 1 saturated heterocycles. The molecule has 2 aromatic rings. The summed E-state index contributed by atoms with van der Waals surface area (Å²) in [6, 6.07) is 17.1. The van der Waals surface area contributed by atoms with Crippen LogP contribution in [0.3, 0.4) is 0 Å². The fourth-order valence-corrected chi connectivity index (χ4v) is 4.24. The normalized spacial score (nSPS) is 19.7. The van der Waals surface area contributed by atoms with Crippen molar-refractivity contribution >= 4 is 5.91 Å². The van der Waals surface area contributed by atoms with Gasteiger partial charge in [-0.1, -0.05) is 48.5 Å². The summed E-state index contributed by atoms with van der Waals surface area (Å²) in [7, 11) is 1.87. The number of carbonyl (C=O) groups excluding carboxylic acids is 1. The van der Waals surface area contributed by atoms with E-state index in [4.69, 9.17) is 9.47 Å². The largest absolute Gasteiger partial charge is 0.376 e. The van der Waals surface area contributed by atoms with E-state index in [0.29, 0.717) is 32.8 Å². The van der Waals surface area contributed by atoms with Gasteiger partial charge in [0.25, 0.3) is 0 Å². The average Bonchev–Trinajstić information content (AvgIpc) is 2.86. The molecule has 1 amide bonds. The molecule has 0 radical (unpaired) electrons. The molecule has 0 saturated carbocycles. The summed E-state index contributed by atoms with van der Waals surface area (Å²) in [5, 5.41) is 0. The van der Waals surface area contributed by atoms with Crippen LogP contribution < -0.4 is 0 Å². The number of amides is 1. The van der Waals surface area contributed by atoms with Crippen molar-refractivity contribution in [3.05, 3.63) is 70.8 Å². The monoisotopic (exact) mass is 365 g/mol. The van der Waals surface area contributed by atoms with E-state index in [0.717, 1.165) is 12.8 Å². The first-order valence-corrected chi connectivity index (χ1v) is 9.81. The fraction of sp³-hybridized carbons (Fsp3) is 0.435. The van der Waals surface area contributed by atoms with E-state index in [-0.39, 0.29) is 17.9 Å². The summed E-state index contributed by atoms with van der Waals surface area (Å²) in [5.41, 5.74) is 5.30. The highest BCUT2D eigenvalue weighted by molar-refractivity contribution is 5.78. The first kappa shape index (κ1) is 18.2. The van der Waals surface area contributed by atoms with Gasteiger partial charge in [-0.25, -0.2) is 0 Å². The lowest BCUT2D eigenvalue weighted by atomic mass is 9.85. The zero-order chi connectivity index (χ0) is 18.6. The van der Waals surface area contributed by atoms with Crippen LogP contribution in [0.25, 0.3) is 0 Å². The second-order valence-electron chi connectivity index (χ2n) is 7.50. The Morgan fingerprint density at radius 3 is 2.22 bits per heavy atom. The lowest BCUT2D eigenvalue weighted by Crippen LogP contribution is -2.41. The number of rotatable bonds is 4. The molecule has 0 spiro atoms. The Labute approximate surface area is 161 Å². The maximum atomic E-state index is 13.0. The molecular weight excluding hydrogens is 338 g/mol.